The zero-order valence-electron chi connectivity index (χ0n) is 16.7. The molecule has 28 heavy (non-hydrogen) atoms. The van der Waals surface area contributed by atoms with Crippen molar-refractivity contribution in [1.29, 1.82) is 0 Å². The molecule has 1 N–H and O–H groups in total. The van der Waals surface area contributed by atoms with Gasteiger partial charge in [0.1, 0.15) is 11.5 Å². The van der Waals surface area contributed by atoms with Gasteiger partial charge in [-0.3, -0.25) is 4.55 Å². The van der Waals surface area contributed by atoms with Gasteiger partial charge in [0, 0.05) is 0 Å². The van der Waals surface area contributed by atoms with Gasteiger partial charge >= 0.3 is 29.6 Å². The second-order valence-electron chi connectivity index (χ2n) is 6.69. The molecule has 0 bridgehead atoms. The van der Waals surface area contributed by atoms with E-state index < -0.39 is 10.1 Å². The van der Waals surface area contributed by atoms with Crippen LogP contribution < -0.4 is 39.4 Å². The maximum atomic E-state index is 11.6. The van der Waals surface area contributed by atoms with Crippen molar-refractivity contribution in [2.75, 3.05) is 0 Å². The number of hydrogen-bond acceptors (Lipinski definition) is 4. The summed E-state index contributed by atoms with van der Waals surface area (Å²) < 4.78 is 38.4. The SMILES string of the molecule is CCCCCCCCCc1cc(Oc2cccc([O-])c2)ccc1S(=O)(=O)O.[Na+]. The third kappa shape index (κ3) is 8.53. The monoisotopic (exact) mass is 414 g/mol. The first-order valence-corrected chi connectivity index (χ1v) is 10.9. The van der Waals surface area contributed by atoms with E-state index in [0.717, 1.165) is 19.3 Å². The van der Waals surface area contributed by atoms with E-state index in [1.54, 1.807) is 18.2 Å². The Morgan fingerprint density at radius 2 is 1.57 bits per heavy atom. The molecule has 0 saturated carbocycles. The van der Waals surface area contributed by atoms with Gasteiger partial charge in [-0.2, -0.15) is 8.42 Å². The Balaban J connectivity index is 0.00000392. The van der Waals surface area contributed by atoms with Crippen LogP contribution in [0.4, 0.5) is 0 Å². The van der Waals surface area contributed by atoms with Gasteiger partial charge in [-0.25, -0.2) is 0 Å². The fourth-order valence-electron chi connectivity index (χ4n) is 3.01. The number of unbranched alkanes of at least 4 members (excludes halogenated alkanes) is 6. The van der Waals surface area contributed by atoms with Crippen molar-refractivity contribution in [3.8, 4) is 17.2 Å². The summed E-state index contributed by atoms with van der Waals surface area (Å²) in [5.41, 5.74) is 0.529. The molecule has 2 rings (SSSR count). The van der Waals surface area contributed by atoms with Crippen LogP contribution in [0, 0.1) is 0 Å². The first-order chi connectivity index (χ1) is 12.9. The van der Waals surface area contributed by atoms with Crippen LogP contribution in [-0.4, -0.2) is 13.0 Å². The topological polar surface area (TPSA) is 86.7 Å². The molecule has 0 spiro atoms. The number of ether oxygens (including phenoxy) is 1. The minimum absolute atomic E-state index is 0. The normalized spacial score (nSPS) is 11.1. The molecule has 0 atom stereocenters. The summed E-state index contributed by atoms with van der Waals surface area (Å²) in [5, 5.41) is 11.4. The summed E-state index contributed by atoms with van der Waals surface area (Å²) in [6, 6.07) is 10.5. The van der Waals surface area contributed by atoms with E-state index in [-0.39, 0.29) is 40.2 Å². The van der Waals surface area contributed by atoms with Gasteiger partial charge < -0.3 is 9.84 Å². The van der Waals surface area contributed by atoms with Gasteiger partial charge in [-0.1, -0.05) is 57.6 Å². The van der Waals surface area contributed by atoms with E-state index >= 15 is 0 Å². The predicted octanol–water partition coefficient (Wildman–Crippen LogP) is 2.10. The van der Waals surface area contributed by atoms with Crippen LogP contribution in [0.15, 0.2) is 47.4 Å². The van der Waals surface area contributed by atoms with Gasteiger partial charge in [-0.15, -0.1) is 5.75 Å². The van der Waals surface area contributed by atoms with Crippen molar-refractivity contribution in [3.63, 3.8) is 0 Å². The van der Waals surface area contributed by atoms with Crippen LogP contribution in [0.1, 0.15) is 57.4 Å². The van der Waals surface area contributed by atoms with E-state index in [4.69, 9.17) is 4.74 Å². The molecule has 0 unspecified atom stereocenters. The van der Waals surface area contributed by atoms with Gasteiger partial charge in [0.05, 0.1) is 4.90 Å². The summed E-state index contributed by atoms with van der Waals surface area (Å²) >= 11 is 0. The molecule has 0 radical (unpaired) electrons. The largest absolute Gasteiger partial charge is 1.00 e. The van der Waals surface area contributed by atoms with Crippen LogP contribution >= 0.6 is 0 Å². The molecular weight excluding hydrogens is 387 g/mol. The minimum Gasteiger partial charge on any atom is -0.872 e. The molecule has 0 aromatic heterocycles. The molecule has 2 aromatic carbocycles. The van der Waals surface area contributed by atoms with Crippen LogP contribution in [0.25, 0.3) is 0 Å². The molecule has 0 aliphatic carbocycles. The van der Waals surface area contributed by atoms with Crippen LogP contribution in [-0.2, 0) is 16.5 Å². The first-order valence-electron chi connectivity index (χ1n) is 9.45. The molecule has 0 heterocycles. The van der Waals surface area contributed by atoms with Gasteiger partial charge in [0.25, 0.3) is 10.1 Å². The summed E-state index contributed by atoms with van der Waals surface area (Å²) in [7, 11) is -4.29. The summed E-state index contributed by atoms with van der Waals surface area (Å²) in [4.78, 5) is -0.0848. The van der Waals surface area contributed by atoms with Crippen LogP contribution in [0.3, 0.4) is 0 Å². The Labute approximate surface area is 190 Å². The second kappa shape index (κ2) is 12.5. The quantitative estimate of drug-likeness (QED) is 0.346. The number of benzene rings is 2. The Morgan fingerprint density at radius 3 is 2.21 bits per heavy atom. The van der Waals surface area contributed by atoms with E-state index in [1.807, 2.05) is 0 Å². The molecule has 2 aromatic rings. The van der Waals surface area contributed by atoms with Crippen molar-refractivity contribution >= 4 is 10.1 Å². The van der Waals surface area contributed by atoms with Crippen LogP contribution in [0.2, 0.25) is 0 Å². The Hall–Kier alpha value is -1.05. The molecule has 0 saturated heterocycles. The van der Waals surface area contributed by atoms with Gasteiger partial charge in [0.15, 0.2) is 0 Å². The standard InChI is InChI=1S/C21H28O5S.Na/c1-2-3-4-5-6-7-8-10-17-15-20(13-14-21(17)27(23,24)25)26-19-12-9-11-18(22)16-19;/h9,11-16,22H,2-8,10H2,1H3,(H,23,24,25);/q;+1/p-1. The van der Waals surface area contributed by atoms with E-state index in [0.29, 0.717) is 23.5 Å². The minimum atomic E-state index is -4.29. The molecule has 5 nitrogen and oxygen atoms in total. The maximum absolute atomic E-state index is 11.6. The Morgan fingerprint density at radius 1 is 0.929 bits per heavy atom. The summed E-state index contributed by atoms with van der Waals surface area (Å²) in [6.45, 7) is 2.18. The van der Waals surface area contributed by atoms with E-state index in [2.05, 4.69) is 6.92 Å². The van der Waals surface area contributed by atoms with Gasteiger partial charge in [-0.05, 0) is 48.7 Å². The third-order valence-electron chi connectivity index (χ3n) is 4.40. The van der Waals surface area contributed by atoms with Crippen molar-refractivity contribution in [3.05, 3.63) is 48.0 Å². The number of aryl methyl sites for hydroxylation is 1. The summed E-state index contributed by atoms with van der Waals surface area (Å²) in [5.74, 6) is 0.667. The van der Waals surface area contributed by atoms with Crippen LogP contribution in [0.5, 0.6) is 17.2 Å². The number of hydrogen-bond donors (Lipinski definition) is 1. The zero-order valence-corrected chi connectivity index (χ0v) is 19.5. The molecule has 0 aliphatic rings. The molecule has 0 amide bonds. The molecule has 7 heteroatoms. The fraction of sp³-hybridized carbons (Fsp3) is 0.429. The van der Waals surface area contributed by atoms with Gasteiger partial charge in [0.2, 0.25) is 0 Å². The van der Waals surface area contributed by atoms with E-state index in [1.165, 1.54) is 49.9 Å². The average Bonchev–Trinajstić information content (AvgIpc) is 2.60. The Bertz CT molecular complexity index is 836. The zero-order chi connectivity index (χ0) is 19.7. The van der Waals surface area contributed by atoms with Crippen molar-refractivity contribution < 1.29 is 52.4 Å². The second-order valence-corrected chi connectivity index (χ2v) is 8.08. The average molecular weight is 414 g/mol. The molecule has 0 fully saturated rings. The molecular formula is C21H27NaO5S. The first kappa shape index (κ1) is 25.0. The Kier molecular flexibility index (Phi) is 11.2. The van der Waals surface area contributed by atoms with E-state index in [9.17, 15) is 18.1 Å². The van der Waals surface area contributed by atoms with Crippen molar-refractivity contribution in [2.24, 2.45) is 0 Å². The maximum Gasteiger partial charge on any atom is 1.00 e. The third-order valence-corrected chi connectivity index (χ3v) is 5.35. The molecule has 0 aliphatic heterocycles. The fourth-order valence-corrected chi connectivity index (χ4v) is 3.75. The molecule has 148 valence electrons. The smallest absolute Gasteiger partial charge is 0.872 e. The van der Waals surface area contributed by atoms with Crippen molar-refractivity contribution in [1.82, 2.24) is 0 Å². The van der Waals surface area contributed by atoms with Crippen molar-refractivity contribution in [2.45, 2.75) is 63.2 Å². The number of rotatable bonds is 11. The predicted molar refractivity (Wildman–Crippen MR) is 104 cm³/mol. The summed E-state index contributed by atoms with van der Waals surface area (Å²) in [6.07, 6.45) is 8.39.